The minimum Gasteiger partial charge on any atom is -0.503 e. The normalized spacial score (nSPS) is 23.6. The summed E-state index contributed by atoms with van der Waals surface area (Å²) in [7, 11) is 0. The smallest absolute Gasteiger partial charge is 0.275 e. The predicted molar refractivity (Wildman–Crippen MR) is 106 cm³/mol. The van der Waals surface area contributed by atoms with Crippen molar-refractivity contribution < 1.29 is 23.5 Å². The summed E-state index contributed by atoms with van der Waals surface area (Å²) in [5, 5.41) is 12.8. The van der Waals surface area contributed by atoms with Crippen LogP contribution in [0.2, 0.25) is 0 Å². The predicted octanol–water partition coefficient (Wildman–Crippen LogP) is 2.08. The fraction of sp³-hybridized carbons (Fsp3) is 0.409. The zero-order valence-electron chi connectivity index (χ0n) is 16.8. The second kappa shape index (κ2) is 6.90. The fourth-order valence-corrected chi connectivity index (χ4v) is 5.31. The highest BCUT2D eigenvalue weighted by molar-refractivity contribution is 5.99. The summed E-state index contributed by atoms with van der Waals surface area (Å²) < 4.78 is 29.5. The average Bonchev–Trinajstić information content (AvgIpc) is 3.31. The summed E-state index contributed by atoms with van der Waals surface area (Å²) in [6, 6.07) is 2.41. The number of hydrogen-bond donors (Lipinski definition) is 2. The second-order valence-corrected chi connectivity index (χ2v) is 8.62. The number of nitrogens with zero attached hydrogens (tertiary/aromatic N) is 2. The quantitative estimate of drug-likeness (QED) is 0.782. The largest absolute Gasteiger partial charge is 0.503 e. The van der Waals surface area contributed by atoms with Gasteiger partial charge in [0, 0.05) is 30.9 Å². The lowest BCUT2D eigenvalue weighted by molar-refractivity contribution is 0.0482. The van der Waals surface area contributed by atoms with Crippen molar-refractivity contribution >= 4 is 11.8 Å². The molecule has 5 rings (SSSR count). The zero-order chi connectivity index (χ0) is 22.0. The first-order chi connectivity index (χ1) is 14.8. The molecule has 0 unspecified atom stereocenters. The molecule has 0 spiro atoms. The first kappa shape index (κ1) is 19.7. The Morgan fingerprint density at radius 2 is 1.94 bits per heavy atom. The van der Waals surface area contributed by atoms with E-state index in [-0.39, 0.29) is 28.9 Å². The van der Waals surface area contributed by atoms with Crippen LogP contribution in [-0.2, 0) is 13.1 Å². The maximum absolute atomic E-state index is 14.0. The monoisotopic (exact) mass is 429 g/mol. The van der Waals surface area contributed by atoms with Crippen LogP contribution in [0.1, 0.15) is 51.2 Å². The maximum atomic E-state index is 14.0. The van der Waals surface area contributed by atoms with Crippen LogP contribution in [0.5, 0.6) is 5.75 Å². The number of halogens is 2. The van der Waals surface area contributed by atoms with E-state index in [0.29, 0.717) is 18.0 Å². The Hall–Kier alpha value is -3.23. The lowest BCUT2D eigenvalue weighted by Crippen LogP contribution is -2.52. The van der Waals surface area contributed by atoms with Gasteiger partial charge < -0.3 is 19.9 Å². The Bertz CT molecular complexity index is 1170. The molecular weight excluding hydrogens is 408 g/mol. The highest BCUT2D eigenvalue weighted by atomic mass is 19.1. The number of nitrogens with one attached hydrogen (secondary N) is 1. The summed E-state index contributed by atoms with van der Waals surface area (Å²) >= 11 is 0. The third-order valence-corrected chi connectivity index (χ3v) is 6.77. The maximum Gasteiger partial charge on any atom is 0.275 e. The zero-order valence-corrected chi connectivity index (χ0v) is 16.8. The van der Waals surface area contributed by atoms with E-state index in [1.807, 2.05) is 0 Å². The van der Waals surface area contributed by atoms with Crippen LogP contribution in [0.15, 0.2) is 23.1 Å². The van der Waals surface area contributed by atoms with Crippen LogP contribution in [0, 0.1) is 24.5 Å². The van der Waals surface area contributed by atoms with E-state index in [2.05, 4.69) is 5.32 Å². The number of carbonyl (C=O) groups is 2. The van der Waals surface area contributed by atoms with E-state index in [4.69, 9.17) is 0 Å². The van der Waals surface area contributed by atoms with E-state index in [1.54, 1.807) is 11.8 Å². The van der Waals surface area contributed by atoms with Crippen LogP contribution < -0.4 is 10.7 Å². The van der Waals surface area contributed by atoms with Gasteiger partial charge in [-0.05, 0) is 49.8 Å². The number of carbonyl (C=O) groups excluding carboxylic acids is 2. The van der Waals surface area contributed by atoms with E-state index < -0.39 is 41.2 Å². The molecule has 31 heavy (non-hydrogen) atoms. The van der Waals surface area contributed by atoms with Gasteiger partial charge in [-0.2, -0.15) is 0 Å². The van der Waals surface area contributed by atoms with Crippen LogP contribution in [0.4, 0.5) is 8.78 Å². The summed E-state index contributed by atoms with van der Waals surface area (Å²) in [6.07, 6.45) is 4.12. The molecule has 1 aromatic carbocycles. The molecule has 2 bridgehead atoms. The molecule has 2 aliphatic heterocycles. The molecule has 2 aromatic rings. The minimum atomic E-state index is -0.982. The molecule has 1 aliphatic carbocycles. The van der Waals surface area contributed by atoms with Crippen molar-refractivity contribution in [3.05, 3.63) is 62.6 Å². The van der Waals surface area contributed by atoms with Gasteiger partial charge in [-0.3, -0.25) is 14.4 Å². The van der Waals surface area contributed by atoms with Crippen LogP contribution >= 0.6 is 0 Å². The Labute approximate surface area is 176 Å². The van der Waals surface area contributed by atoms with Gasteiger partial charge in [-0.15, -0.1) is 0 Å². The molecule has 2 N–H and O–H groups in total. The molecule has 3 heterocycles. The van der Waals surface area contributed by atoms with Gasteiger partial charge in [0.05, 0.1) is 6.04 Å². The lowest BCUT2D eigenvalue weighted by atomic mass is 9.95. The number of hydrogen-bond acceptors (Lipinski definition) is 4. The van der Waals surface area contributed by atoms with E-state index >= 15 is 0 Å². The number of rotatable bonds is 3. The number of benzene rings is 1. The number of aromatic nitrogens is 1. The van der Waals surface area contributed by atoms with Crippen molar-refractivity contribution in [1.29, 1.82) is 0 Å². The number of amides is 2. The minimum absolute atomic E-state index is 0.0210. The number of fused-ring (bicyclic) bond motifs is 6. The summed E-state index contributed by atoms with van der Waals surface area (Å²) in [5.41, 5.74) is -1.39. The average molecular weight is 429 g/mol. The first-order valence-electron chi connectivity index (χ1n) is 10.3. The van der Waals surface area contributed by atoms with Crippen molar-refractivity contribution in [2.75, 3.05) is 0 Å². The van der Waals surface area contributed by atoms with Crippen molar-refractivity contribution in [1.82, 2.24) is 14.8 Å². The summed E-state index contributed by atoms with van der Waals surface area (Å²) in [6.45, 7) is 1.47. The lowest BCUT2D eigenvalue weighted by Gasteiger charge is -2.40. The SMILES string of the molecule is Cc1cc(F)c(CNC(=O)c2cn3c(c(O)c2=O)C(=O)N2[C@H]4CC[C@H](C4)[C@@H]2C3)c(F)c1. The molecule has 2 amide bonds. The van der Waals surface area contributed by atoms with Gasteiger partial charge in [0.15, 0.2) is 11.4 Å². The molecule has 2 fully saturated rings. The highest BCUT2D eigenvalue weighted by Gasteiger charge is 2.51. The topological polar surface area (TPSA) is 91.6 Å². The molecule has 3 atom stereocenters. The van der Waals surface area contributed by atoms with Gasteiger partial charge in [0.1, 0.15) is 17.2 Å². The van der Waals surface area contributed by atoms with Crippen LogP contribution in [0.25, 0.3) is 0 Å². The van der Waals surface area contributed by atoms with Crippen molar-refractivity contribution in [2.24, 2.45) is 5.92 Å². The number of pyridine rings is 1. The molecule has 1 saturated carbocycles. The first-order valence-corrected chi connectivity index (χ1v) is 10.3. The van der Waals surface area contributed by atoms with Crippen LogP contribution in [0.3, 0.4) is 0 Å². The van der Waals surface area contributed by atoms with Crippen molar-refractivity contribution in [3.8, 4) is 5.75 Å². The van der Waals surface area contributed by atoms with Gasteiger partial charge in [0.25, 0.3) is 11.8 Å². The van der Waals surface area contributed by atoms with E-state index in [0.717, 1.165) is 31.4 Å². The van der Waals surface area contributed by atoms with Gasteiger partial charge >= 0.3 is 0 Å². The fourth-order valence-electron chi connectivity index (χ4n) is 5.31. The van der Waals surface area contributed by atoms with Gasteiger partial charge in [0.2, 0.25) is 5.43 Å². The molecule has 1 saturated heterocycles. The van der Waals surface area contributed by atoms with Crippen molar-refractivity contribution in [3.63, 3.8) is 0 Å². The number of piperidine rings is 1. The van der Waals surface area contributed by atoms with Crippen molar-refractivity contribution in [2.45, 2.75) is 51.4 Å². The third-order valence-electron chi connectivity index (χ3n) is 6.77. The van der Waals surface area contributed by atoms with Gasteiger partial charge in [-0.25, -0.2) is 8.78 Å². The third kappa shape index (κ3) is 2.94. The Morgan fingerprint density at radius 1 is 1.23 bits per heavy atom. The molecular formula is C22H21F2N3O4. The van der Waals surface area contributed by atoms with E-state index in [9.17, 15) is 28.3 Å². The van der Waals surface area contributed by atoms with Gasteiger partial charge in [-0.1, -0.05) is 0 Å². The molecule has 162 valence electrons. The second-order valence-electron chi connectivity index (χ2n) is 8.62. The molecule has 7 nitrogen and oxygen atoms in total. The molecule has 0 radical (unpaired) electrons. The molecule has 9 heteroatoms. The Balaban J connectivity index is 1.44. The standard InChI is InChI=1S/C22H21F2N3O4/c1-10-4-15(23)13(16(24)5-10)7-25-21(30)14-8-26-9-17-11-2-3-12(6-11)27(17)22(31)18(26)20(29)19(14)28/h4-5,8,11-12,17,29H,2-3,6-7,9H2,1H3,(H,25,30)/t11-,12+,17+/m1/s1. The van der Waals surface area contributed by atoms with E-state index in [1.165, 1.54) is 10.8 Å². The number of aryl methyl sites for hydroxylation is 1. The molecule has 3 aliphatic rings. The summed E-state index contributed by atoms with van der Waals surface area (Å²) in [5.74, 6) is -3.28. The molecule has 1 aromatic heterocycles. The highest BCUT2D eigenvalue weighted by Crippen LogP contribution is 2.45. The number of aromatic hydroxyl groups is 1. The Kier molecular flexibility index (Phi) is 4.39. The van der Waals surface area contributed by atoms with Crippen LogP contribution in [-0.4, -0.2) is 38.5 Å². The summed E-state index contributed by atoms with van der Waals surface area (Å²) in [4.78, 5) is 40.0. The Morgan fingerprint density at radius 3 is 2.65 bits per heavy atom.